The summed E-state index contributed by atoms with van der Waals surface area (Å²) in [5.41, 5.74) is 2.40. The second-order valence-electron chi connectivity index (χ2n) is 8.14. The van der Waals surface area contributed by atoms with Crippen molar-refractivity contribution in [3.05, 3.63) is 29.3 Å². The zero-order chi connectivity index (χ0) is 17.8. The molecule has 0 amide bonds. The van der Waals surface area contributed by atoms with Crippen molar-refractivity contribution in [2.24, 2.45) is 17.8 Å². The van der Waals surface area contributed by atoms with Crippen molar-refractivity contribution in [1.29, 1.82) is 0 Å². The van der Waals surface area contributed by atoms with Crippen molar-refractivity contribution in [3.8, 4) is 5.75 Å². The lowest BCUT2D eigenvalue weighted by Crippen LogP contribution is -2.28. The summed E-state index contributed by atoms with van der Waals surface area (Å²) in [7, 11) is 1.82. The summed E-state index contributed by atoms with van der Waals surface area (Å²) in [5, 5.41) is 20.8. The fraction of sp³-hybridized carbons (Fsp3) is 0.727. The number of methoxy groups -OCH3 is 1. The number of aliphatic hydroxyl groups is 1. The highest BCUT2D eigenvalue weighted by Crippen LogP contribution is 2.48. The molecular weight excluding hydrogens is 312 g/mol. The van der Waals surface area contributed by atoms with Gasteiger partial charge in [-0.2, -0.15) is 0 Å². The summed E-state index contributed by atoms with van der Waals surface area (Å²) in [5.74, 6) is 1.88. The van der Waals surface area contributed by atoms with Gasteiger partial charge in [-0.15, -0.1) is 0 Å². The Bertz CT molecular complexity index is 556. The average Bonchev–Trinajstić information content (AvgIpc) is 2.91. The molecule has 3 rings (SSSR count). The molecule has 0 aromatic heterocycles. The first-order valence-electron chi connectivity index (χ1n) is 10.1. The Morgan fingerprint density at radius 2 is 2.04 bits per heavy atom. The summed E-state index contributed by atoms with van der Waals surface area (Å²) in [6.45, 7) is 2.23. The van der Waals surface area contributed by atoms with Crippen LogP contribution in [0, 0.1) is 17.8 Å². The first-order chi connectivity index (χ1) is 12.1. The number of ether oxygens (including phenoxy) is 1. The first-order valence-corrected chi connectivity index (χ1v) is 10.1. The molecule has 1 aromatic carbocycles. The molecule has 0 bridgehead atoms. The van der Waals surface area contributed by atoms with E-state index in [1.165, 1.54) is 24.8 Å². The van der Waals surface area contributed by atoms with Crippen LogP contribution in [0.3, 0.4) is 0 Å². The molecule has 0 spiro atoms. The Hall–Kier alpha value is -1.06. The predicted octanol–water partition coefficient (Wildman–Crippen LogP) is 4.48. The Kier molecular flexibility index (Phi) is 6.40. The van der Waals surface area contributed by atoms with Gasteiger partial charge in [0.1, 0.15) is 5.75 Å². The lowest BCUT2D eigenvalue weighted by atomic mass is 9.73. The van der Waals surface area contributed by atoms with E-state index in [1.54, 1.807) is 6.07 Å². The second-order valence-corrected chi connectivity index (χ2v) is 8.14. The van der Waals surface area contributed by atoms with Gasteiger partial charge in [0.2, 0.25) is 0 Å². The number of phenolic OH excluding ortho intramolecular Hbond substituents is 1. The van der Waals surface area contributed by atoms with Crippen LogP contribution in [0.1, 0.15) is 63.0 Å². The van der Waals surface area contributed by atoms with Crippen LogP contribution >= 0.6 is 0 Å². The van der Waals surface area contributed by atoms with Gasteiger partial charge in [0.15, 0.2) is 0 Å². The zero-order valence-corrected chi connectivity index (χ0v) is 15.8. The van der Waals surface area contributed by atoms with Gasteiger partial charge in [-0.3, -0.25) is 0 Å². The van der Waals surface area contributed by atoms with Crippen molar-refractivity contribution >= 4 is 0 Å². The van der Waals surface area contributed by atoms with Crippen molar-refractivity contribution < 1.29 is 14.9 Å². The molecule has 2 aliphatic rings. The normalized spacial score (nSPS) is 29.2. The molecule has 0 radical (unpaired) electrons. The highest BCUT2D eigenvalue weighted by Gasteiger charge is 2.44. The Morgan fingerprint density at radius 1 is 1.20 bits per heavy atom. The molecule has 1 saturated carbocycles. The van der Waals surface area contributed by atoms with E-state index in [1.807, 2.05) is 13.2 Å². The van der Waals surface area contributed by atoms with Crippen molar-refractivity contribution in [1.82, 2.24) is 0 Å². The standard InChI is InChI=1S/C22H34O3/c1-3-4-5-8-17(25-2)10-11-18-19-12-15-7-6-9-21(23)20(15)13-16(19)14-22(18)24/h6-7,9,16-19,22-24H,3-5,8,10-14H2,1-2H3/t16-,17-,18?,19-,22+/m0/s1. The van der Waals surface area contributed by atoms with Crippen molar-refractivity contribution in [3.63, 3.8) is 0 Å². The van der Waals surface area contributed by atoms with E-state index in [0.717, 1.165) is 44.1 Å². The van der Waals surface area contributed by atoms with Crippen molar-refractivity contribution in [2.45, 2.75) is 76.9 Å². The molecule has 1 unspecified atom stereocenters. The van der Waals surface area contributed by atoms with Crippen LogP contribution < -0.4 is 0 Å². The lowest BCUT2D eigenvalue weighted by Gasteiger charge is -2.32. The molecule has 2 N–H and O–H groups in total. The van der Waals surface area contributed by atoms with E-state index in [2.05, 4.69) is 13.0 Å². The third kappa shape index (κ3) is 4.20. The number of hydrogen-bond acceptors (Lipinski definition) is 3. The fourth-order valence-corrected chi connectivity index (χ4v) is 5.20. The zero-order valence-electron chi connectivity index (χ0n) is 15.8. The molecule has 5 atom stereocenters. The quantitative estimate of drug-likeness (QED) is 0.682. The van der Waals surface area contributed by atoms with Crippen LogP contribution in [0.2, 0.25) is 0 Å². The smallest absolute Gasteiger partial charge is 0.119 e. The van der Waals surface area contributed by atoms with Gasteiger partial charge < -0.3 is 14.9 Å². The van der Waals surface area contributed by atoms with Crippen molar-refractivity contribution in [2.75, 3.05) is 7.11 Å². The van der Waals surface area contributed by atoms with Crippen LogP contribution in [0.4, 0.5) is 0 Å². The van der Waals surface area contributed by atoms with Gasteiger partial charge in [0.25, 0.3) is 0 Å². The van der Waals surface area contributed by atoms with E-state index in [4.69, 9.17) is 4.74 Å². The number of hydrogen-bond donors (Lipinski definition) is 2. The third-order valence-electron chi connectivity index (χ3n) is 6.65. The second kappa shape index (κ2) is 8.55. The van der Waals surface area contributed by atoms with E-state index >= 15 is 0 Å². The summed E-state index contributed by atoms with van der Waals surface area (Å²) in [6.07, 6.45) is 9.95. The number of rotatable bonds is 8. The number of aromatic hydroxyl groups is 1. The molecule has 0 heterocycles. The lowest BCUT2D eigenvalue weighted by molar-refractivity contribution is 0.0595. The van der Waals surface area contributed by atoms with Crippen LogP contribution in [-0.2, 0) is 17.6 Å². The van der Waals surface area contributed by atoms with Crippen LogP contribution in [0.25, 0.3) is 0 Å². The summed E-state index contributed by atoms with van der Waals surface area (Å²) in [6, 6.07) is 5.89. The minimum atomic E-state index is -0.195. The maximum Gasteiger partial charge on any atom is 0.119 e. The molecule has 0 aliphatic heterocycles. The summed E-state index contributed by atoms with van der Waals surface area (Å²) < 4.78 is 5.69. The number of phenols is 1. The SMILES string of the molecule is CCCCC[C@@H](CCC1[C@H](O)C[C@@H]2Cc3c(O)cccc3C[C@H]12)OC. The van der Waals surface area contributed by atoms with Gasteiger partial charge in [-0.25, -0.2) is 0 Å². The van der Waals surface area contributed by atoms with Gasteiger partial charge in [0.05, 0.1) is 12.2 Å². The number of fused-ring (bicyclic) bond motifs is 2. The highest BCUT2D eigenvalue weighted by molar-refractivity contribution is 5.42. The van der Waals surface area contributed by atoms with Gasteiger partial charge >= 0.3 is 0 Å². The minimum Gasteiger partial charge on any atom is -0.508 e. The van der Waals surface area contributed by atoms with E-state index in [9.17, 15) is 10.2 Å². The molecule has 3 nitrogen and oxygen atoms in total. The maximum atomic E-state index is 10.7. The van der Waals surface area contributed by atoms with E-state index < -0.39 is 0 Å². The number of benzene rings is 1. The summed E-state index contributed by atoms with van der Waals surface area (Å²) in [4.78, 5) is 0. The topological polar surface area (TPSA) is 49.7 Å². The molecule has 140 valence electrons. The van der Waals surface area contributed by atoms with Gasteiger partial charge in [-0.05, 0) is 73.5 Å². The molecular formula is C22H34O3. The van der Waals surface area contributed by atoms with Gasteiger partial charge in [-0.1, -0.05) is 38.3 Å². The first kappa shape index (κ1) is 18.7. The predicted molar refractivity (Wildman–Crippen MR) is 101 cm³/mol. The molecule has 2 aliphatic carbocycles. The number of unbranched alkanes of at least 4 members (excludes halogenated alkanes) is 2. The molecule has 0 saturated heterocycles. The molecule has 25 heavy (non-hydrogen) atoms. The number of aliphatic hydroxyl groups excluding tert-OH is 1. The van der Waals surface area contributed by atoms with Crippen LogP contribution in [0.15, 0.2) is 18.2 Å². The average molecular weight is 347 g/mol. The molecule has 3 heteroatoms. The minimum absolute atomic E-state index is 0.195. The maximum absolute atomic E-state index is 10.7. The third-order valence-corrected chi connectivity index (χ3v) is 6.65. The largest absolute Gasteiger partial charge is 0.508 e. The molecule has 1 fully saturated rings. The Labute approximate surface area is 152 Å². The van der Waals surface area contributed by atoms with E-state index in [-0.39, 0.29) is 6.10 Å². The Morgan fingerprint density at radius 3 is 2.80 bits per heavy atom. The van der Waals surface area contributed by atoms with Crippen LogP contribution in [0.5, 0.6) is 5.75 Å². The fourth-order valence-electron chi connectivity index (χ4n) is 5.20. The highest BCUT2D eigenvalue weighted by atomic mass is 16.5. The molecule has 1 aromatic rings. The van der Waals surface area contributed by atoms with Gasteiger partial charge in [0, 0.05) is 7.11 Å². The summed E-state index contributed by atoms with van der Waals surface area (Å²) >= 11 is 0. The monoisotopic (exact) mass is 346 g/mol. The van der Waals surface area contributed by atoms with Crippen LogP contribution in [-0.4, -0.2) is 29.5 Å². The van der Waals surface area contributed by atoms with E-state index in [0.29, 0.717) is 29.6 Å². The Balaban J connectivity index is 1.61.